The number of hydrogen-bond acceptors (Lipinski definition) is 6. The van der Waals surface area contributed by atoms with Gasteiger partial charge in [0.2, 0.25) is 0 Å². The molecule has 30 heavy (non-hydrogen) atoms. The fourth-order valence-corrected chi connectivity index (χ4v) is 4.20. The van der Waals surface area contributed by atoms with Crippen LogP contribution in [-0.2, 0) is 5.54 Å². The van der Waals surface area contributed by atoms with E-state index in [0.717, 1.165) is 33.5 Å². The molecule has 3 heterocycles. The molecule has 0 spiro atoms. The van der Waals surface area contributed by atoms with Gasteiger partial charge < -0.3 is 4.98 Å². The lowest BCUT2D eigenvalue weighted by Crippen LogP contribution is -2.47. The summed E-state index contributed by atoms with van der Waals surface area (Å²) in [5.41, 5.74) is 3.74. The standard InChI is InChI=1S/C22H18N8/c1-14-26-12-20(28-14)16-7-18(17-3-2-6-25-19(17)8-16)21-13-27-30(29-21)22(4-5-23)9-15(10-22)11-24/h2-3,6-8,12-13,15H,4,9-10H2,1H3,(H,26,28)/t15-,22-. The van der Waals surface area contributed by atoms with Gasteiger partial charge in [0.25, 0.3) is 0 Å². The number of nitrogens with one attached hydrogen (secondary N) is 1. The number of aryl methyl sites for hydroxylation is 1. The van der Waals surface area contributed by atoms with Gasteiger partial charge in [-0.15, -0.1) is 0 Å². The highest BCUT2D eigenvalue weighted by molar-refractivity contribution is 5.96. The zero-order valence-corrected chi connectivity index (χ0v) is 16.4. The zero-order valence-electron chi connectivity index (χ0n) is 16.4. The third-order valence-electron chi connectivity index (χ3n) is 5.76. The number of H-pyrrole nitrogens is 1. The van der Waals surface area contributed by atoms with Gasteiger partial charge >= 0.3 is 0 Å². The molecule has 146 valence electrons. The van der Waals surface area contributed by atoms with Crippen molar-refractivity contribution in [3.05, 3.63) is 48.7 Å². The van der Waals surface area contributed by atoms with E-state index in [0.29, 0.717) is 18.5 Å². The minimum absolute atomic E-state index is 0.0518. The zero-order chi connectivity index (χ0) is 20.7. The molecule has 4 aromatic rings. The van der Waals surface area contributed by atoms with Gasteiger partial charge in [0.05, 0.1) is 47.4 Å². The maximum Gasteiger partial charge on any atom is 0.113 e. The number of nitrogens with zero attached hydrogens (tertiary/aromatic N) is 7. The smallest absolute Gasteiger partial charge is 0.113 e. The minimum Gasteiger partial charge on any atom is -0.348 e. The van der Waals surface area contributed by atoms with E-state index in [2.05, 4.69) is 32.2 Å². The summed E-state index contributed by atoms with van der Waals surface area (Å²) in [4.78, 5) is 13.8. The summed E-state index contributed by atoms with van der Waals surface area (Å²) in [7, 11) is 0. The van der Waals surface area contributed by atoms with Gasteiger partial charge in [-0.2, -0.15) is 25.5 Å². The van der Waals surface area contributed by atoms with Gasteiger partial charge in [-0.05, 0) is 38.0 Å². The number of rotatable bonds is 4. The first-order valence-electron chi connectivity index (χ1n) is 9.73. The van der Waals surface area contributed by atoms with Crippen molar-refractivity contribution in [3.8, 4) is 34.7 Å². The molecule has 5 rings (SSSR count). The average molecular weight is 394 g/mol. The first-order valence-corrected chi connectivity index (χ1v) is 9.73. The van der Waals surface area contributed by atoms with Crippen molar-refractivity contribution in [1.82, 2.24) is 29.9 Å². The van der Waals surface area contributed by atoms with E-state index in [1.807, 2.05) is 37.4 Å². The lowest BCUT2D eigenvalue weighted by Gasteiger charge is -2.42. The molecule has 0 saturated heterocycles. The van der Waals surface area contributed by atoms with Crippen LogP contribution >= 0.6 is 0 Å². The van der Waals surface area contributed by atoms with E-state index in [1.54, 1.807) is 17.2 Å². The molecule has 1 fully saturated rings. The number of benzene rings is 1. The molecule has 0 unspecified atom stereocenters. The summed E-state index contributed by atoms with van der Waals surface area (Å²) in [5.74, 6) is 0.790. The highest BCUT2D eigenvalue weighted by atomic mass is 15.5. The summed E-state index contributed by atoms with van der Waals surface area (Å²) < 4.78 is 0. The van der Waals surface area contributed by atoms with Crippen molar-refractivity contribution in [1.29, 1.82) is 10.5 Å². The molecular weight excluding hydrogens is 376 g/mol. The van der Waals surface area contributed by atoms with Crippen LogP contribution in [0.1, 0.15) is 25.1 Å². The molecule has 8 nitrogen and oxygen atoms in total. The molecular formula is C22H18N8. The van der Waals surface area contributed by atoms with Crippen molar-refractivity contribution >= 4 is 10.9 Å². The van der Waals surface area contributed by atoms with E-state index in [1.165, 1.54) is 0 Å². The molecule has 1 aromatic carbocycles. The highest BCUT2D eigenvalue weighted by Gasteiger charge is 2.48. The SMILES string of the molecule is Cc1nc(-c2cc(-c3cnn([C@]4(CC#N)C[C@@H](C#N)C4)n3)c3cccnc3c2)c[nH]1. The number of pyridine rings is 1. The van der Waals surface area contributed by atoms with Crippen LogP contribution in [0.4, 0.5) is 0 Å². The lowest BCUT2D eigenvalue weighted by atomic mass is 9.68. The van der Waals surface area contributed by atoms with E-state index < -0.39 is 5.54 Å². The Labute approximate surface area is 172 Å². The summed E-state index contributed by atoms with van der Waals surface area (Å²) in [6.45, 7) is 1.91. The molecule has 1 N–H and O–H groups in total. The first kappa shape index (κ1) is 18.0. The van der Waals surface area contributed by atoms with Gasteiger partial charge in [0.15, 0.2) is 0 Å². The van der Waals surface area contributed by atoms with E-state index >= 15 is 0 Å². The summed E-state index contributed by atoms with van der Waals surface area (Å²) >= 11 is 0. The normalized spacial score (nSPS) is 20.4. The molecule has 0 amide bonds. The van der Waals surface area contributed by atoms with Crippen LogP contribution in [0.25, 0.3) is 33.4 Å². The Balaban J connectivity index is 1.62. The molecule has 1 aliphatic rings. The molecule has 0 radical (unpaired) electrons. The Morgan fingerprint density at radius 3 is 2.87 bits per heavy atom. The number of nitriles is 2. The molecule has 0 bridgehead atoms. The van der Waals surface area contributed by atoms with Crippen molar-refractivity contribution in [2.75, 3.05) is 0 Å². The number of imidazole rings is 1. The number of aromatic amines is 1. The van der Waals surface area contributed by atoms with Gasteiger partial charge in [0.1, 0.15) is 11.5 Å². The van der Waals surface area contributed by atoms with Gasteiger partial charge in [-0.3, -0.25) is 4.98 Å². The van der Waals surface area contributed by atoms with Crippen LogP contribution < -0.4 is 0 Å². The van der Waals surface area contributed by atoms with Crippen molar-refractivity contribution in [2.45, 2.75) is 31.7 Å². The van der Waals surface area contributed by atoms with Gasteiger partial charge in [0, 0.05) is 28.9 Å². The van der Waals surface area contributed by atoms with Crippen molar-refractivity contribution < 1.29 is 0 Å². The van der Waals surface area contributed by atoms with Crippen LogP contribution in [0.15, 0.2) is 42.9 Å². The monoisotopic (exact) mass is 394 g/mol. The summed E-state index contributed by atoms with van der Waals surface area (Å²) in [6, 6.07) is 12.5. The largest absolute Gasteiger partial charge is 0.348 e. The van der Waals surface area contributed by atoms with Crippen LogP contribution in [0.2, 0.25) is 0 Å². The third kappa shape index (κ3) is 2.82. The maximum atomic E-state index is 9.30. The molecule has 3 aromatic heterocycles. The fraction of sp³-hybridized carbons (Fsp3) is 0.273. The van der Waals surface area contributed by atoms with Gasteiger partial charge in [-0.25, -0.2) is 4.98 Å². The molecule has 1 saturated carbocycles. The van der Waals surface area contributed by atoms with Crippen molar-refractivity contribution in [3.63, 3.8) is 0 Å². The Morgan fingerprint density at radius 2 is 2.13 bits per heavy atom. The molecule has 8 heteroatoms. The molecule has 1 aliphatic carbocycles. The topological polar surface area (TPSA) is 120 Å². The second kappa shape index (κ2) is 6.78. The summed E-state index contributed by atoms with van der Waals surface area (Å²) in [5, 5.41) is 28.7. The third-order valence-corrected chi connectivity index (χ3v) is 5.76. The van der Waals surface area contributed by atoms with Crippen LogP contribution in [0.3, 0.4) is 0 Å². The number of hydrogen-bond donors (Lipinski definition) is 1. The van der Waals surface area contributed by atoms with E-state index in [-0.39, 0.29) is 12.3 Å². The number of fused-ring (bicyclic) bond motifs is 1. The summed E-state index contributed by atoms with van der Waals surface area (Å²) in [6.07, 6.45) is 6.84. The first-order chi connectivity index (χ1) is 14.6. The minimum atomic E-state index is -0.502. The Bertz CT molecular complexity index is 1330. The van der Waals surface area contributed by atoms with E-state index in [4.69, 9.17) is 5.10 Å². The highest BCUT2D eigenvalue weighted by Crippen LogP contribution is 2.45. The van der Waals surface area contributed by atoms with Crippen LogP contribution in [-0.4, -0.2) is 29.9 Å². The quantitative estimate of drug-likeness (QED) is 0.563. The van der Waals surface area contributed by atoms with E-state index in [9.17, 15) is 10.5 Å². The van der Waals surface area contributed by atoms with Crippen LogP contribution in [0, 0.1) is 35.5 Å². The average Bonchev–Trinajstić information content (AvgIpc) is 3.39. The lowest BCUT2D eigenvalue weighted by molar-refractivity contribution is 0.0713. The van der Waals surface area contributed by atoms with Crippen LogP contribution in [0.5, 0.6) is 0 Å². The Kier molecular flexibility index (Phi) is 4.07. The second-order valence-corrected chi connectivity index (χ2v) is 7.78. The number of aromatic nitrogens is 6. The molecule has 0 atom stereocenters. The Morgan fingerprint density at radius 1 is 1.27 bits per heavy atom. The second-order valence-electron chi connectivity index (χ2n) is 7.78. The fourth-order valence-electron chi connectivity index (χ4n) is 4.20. The predicted molar refractivity (Wildman–Crippen MR) is 110 cm³/mol. The maximum absolute atomic E-state index is 9.30. The predicted octanol–water partition coefficient (Wildman–Crippen LogP) is 3.73. The van der Waals surface area contributed by atoms with Gasteiger partial charge in [-0.1, -0.05) is 6.07 Å². The van der Waals surface area contributed by atoms with Crippen molar-refractivity contribution in [2.24, 2.45) is 5.92 Å². The molecule has 0 aliphatic heterocycles. The Hall–Kier alpha value is -4.04.